The number of rotatable bonds is 6. The first-order valence-electron chi connectivity index (χ1n) is 6.89. The monoisotopic (exact) mass is 251 g/mol. The van der Waals surface area contributed by atoms with Crippen LogP contribution in [0.2, 0.25) is 0 Å². The predicted octanol–water partition coefficient (Wildman–Crippen LogP) is 0.238. The Morgan fingerprint density at radius 2 is 2.11 bits per heavy atom. The molecule has 5 nitrogen and oxygen atoms in total. The van der Waals surface area contributed by atoms with Crippen molar-refractivity contribution in [2.45, 2.75) is 25.4 Å². The van der Waals surface area contributed by atoms with Gasteiger partial charge in [-0.25, -0.2) is 0 Å². The van der Waals surface area contributed by atoms with E-state index in [4.69, 9.17) is 5.73 Å². The van der Waals surface area contributed by atoms with Gasteiger partial charge in [0.05, 0.1) is 6.54 Å². The van der Waals surface area contributed by atoms with Crippen LogP contribution >= 0.6 is 0 Å². The Hall–Kier alpha value is -0.910. The molecule has 1 aromatic heterocycles. The van der Waals surface area contributed by atoms with E-state index < -0.39 is 0 Å². The van der Waals surface area contributed by atoms with Crippen LogP contribution < -0.4 is 5.73 Å². The lowest BCUT2D eigenvalue weighted by Gasteiger charge is -2.36. The normalized spacial score (nSPS) is 18.6. The molecule has 0 aliphatic carbocycles. The van der Waals surface area contributed by atoms with Crippen LogP contribution in [-0.2, 0) is 6.54 Å². The van der Waals surface area contributed by atoms with Gasteiger partial charge in [0.1, 0.15) is 0 Å². The minimum atomic E-state index is 0.717. The van der Waals surface area contributed by atoms with Crippen LogP contribution in [0.5, 0.6) is 0 Å². The topological polar surface area (TPSA) is 50.3 Å². The Bertz CT molecular complexity index is 316. The van der Waals surface area contributed by atoms with Gasteiger partial charge < -0.3 is 15.5 Å². The molecule has 2 rings (SSSR count). The Balaban J connectivity index is 1.67. The Morgan fingerprint density at radius 1 is 1.33 bits per heavy atom. The van der Waals surface area contributed by atoms with Crippen LogP contribution in [0.15, 0.2) is 18.5 Å². The molecular formula is C13H25N5. The lowest BCUT2D eigenvalue weighted by Crippen LogP contribution is -2.45. The van der Waals surface area contributed by atoms with E-state index in [1.165, 1.54) is 25.9 Å². The second kappa shape index (κ2) is 6.87. The average Bonchev–Trinajstić information content (AvgIpc) is 2.90. The van der Waals surface area contributed by atoms with Crippen molar-refractivity contribution in [3.8, 4) is 0 Å². The summed E-state index contributed by atoms with van der Waals surface area (Å²) in [6, 6.07) is 2.70. The van der Waals surface area contributed by atoms with E-state index in [0.29, 0.717) is 0 Å². The molecule has 0 unspecified atom stereocenters. The van der Waals surface area contributed by atoms with E-state index in [2.05, 4.69) is 21.9 Å². The molecule has 2 heterocycles. The number of nitrogens with two attached hydrogens (primary N) is 1. The van der Waals surface area contributed by atoms with Crippen molar-refractivity contribution in [1.29, 1.82) is 0 Å². The zero-order valence-corrected chi connectivity index (χ0v) is 11.3. The highest BCUT2D eigenvalue weighted by Gasteiger charge is 2.21. The van der Waals surface area contributed by atoms with Crippen molar-refractivity contribution in [1.82, 2.24) is 19.6 Å². The fraction of sp³-hybridized carbons (Fsp3) is 0.769. The summed E-state index contributed by atoms with van der Waals surface area (Å²) >= 11 is 0. The fourth-order valence-corrected chi connectivity index (χ4v) is 2.65. The number of piperidine rings is 1. The third-order valence-electron chi connectivity index (χ3n) is 3.87. The maximum Gasteiger partial charge on any atom is 0.0536 e. The van der Waals surface area contributed by atoms with Crippen molar-refractivity contribution in [2.24, 2.45) is 5.73 Å². The SMILES string of the molecule is CN(CCN)C1CCN(CCn2cccn2)CC1. The quantitative estimate of drug-likeness (QED) is 0.787. The molecule has 0 spiro atoms. The van der Waals surface area contributed by atoms with Crippen LogP contribution in [0.25, 0.3) is 0 Å². The zero-order chi connectivity index (χ0) is 12.8. The van der Waals surface area contributed by atoms with Gasteiger partial charge in [-0.3, -0.25) is 4.68 Å². The van der Waals surface area contributed by atoms with Crippen LogP contribution in [0.1, 0.15) is 12.8 Å². The molecule has 1 aromatic rings. The van der Waals surface area contributed by atoms with Crippen molar-refractivity contribution in [3.05, 3.63) is 18.5 Å². The summed E-state index contributed by atoms with van der Waals surface area (Å²) < 4.78 is 2.01. The summed E-state index contributed by atoms with van der Waals surface area (Å²) in [5.41, 5.74) is 5.60. The second-order valence-corrected chi connectivity index (χ2v) is 5.11. The van der Waals surface area contributed by atoms with E-state index >= 15 is 0 Å². The van der Waals surface area contributed by atoms with Gasteiger partial charge in [0, 0.05) is 38.1 Å². The summed E-state index contributed by atoms with van der Waals surface area (Å²) in [5, 5.41) is 4.24. The summed E-state index contributed by atoms with van der Waals surface area (Å²) in [5.74, 6) is 0. The third kappa shape index (κ3) is 3.80. The van der Waals surface area contributed by atoms with Crippen molar-refractivity contribution < 1.29 is 0 Å². The molecule has 0 bridgehead atoms. The molecule has 1 saturated heterocycles. The van der Waals surface area contributed by atoms with Crippen molar-refractivity contribution in [3.63, 3.8) is 0 Å². The van der Waals surface area contributed by atoms with Gasteiger partial charge in [-0.1, -0.05) is 0 Å². The van der Waals surface area contributed by atoms with Gasteiger partial charge in [0.25, 0.3) is 0 Å². The summed E-state index contributed by atoms with van der Waals surface area (Å²) in [7, 11) is 2.19. The molecule has 5 heteroatoms. The van der Waals surface area contributed by atoms with E-state index in [-0.39, 0.29) is 0 Å². The standard InChI is InChI=1S/C13H25N5/c1-16(10-5-14)13-3-8-17(9-4-13)11-12-18-7-2-6-15-18/h2,6-7,13H,3-5,8-12,14H2,1H3. The largest absolute Gasteiger partial charge is 0.329 e. The molecular weight excluding hydrogens is 226 g/mol. The molecule has 1 aliphatic heterocycles. The Morgan fingerprint density at radius 3 is 2.72 bits per heavy atom. The summed E-state index contributed by atoms with van der Waals surface area (Å²) in [4.78, 5) is 4.94. The molecule has 2 N–H and O–H groups in total. The van der Waals surface area contributed by atoms with Gasteiger partial charge in [0.15, 0.2) is 0 Å². The third-order valence-corrected chi connectivity index (χ3v) is 3.87. The number of hydrogen-bond acceptors (Lipinski definition) is 4. The fourth-order valence-electron chi connectivity index (χ4n) is 2.65. The predicted molar refractivity (Wildman–Crippen MR) is 73.4 cm³/mol. The Labute approximate surface area is 110 Å². The number of hydrogen-bond donors (Lipinski definition) is 1. The molecule has 102 valence electrons. The van der Waals surface area contributed by atoms with Gasteiger partial charge in [0.2, 0.25) is 0 Å². The van der Waals surface area contributed by atoms with Gasteiger partial charge >= 0.3 is 0 Å². The number of likely N-dealkylation sites (N-methyl/N-ethyl adjacent to an activating group) is 1. The molecule has 1 fully saturated rings. The first-order valence-corrected chi connectivity index (χ1v) is 6.89. The van der Waals surface area contributed by atoms with E-state index in [1.807, 2.05) is 23.1 Å². The minimum absolute atomic E-state index is 0.717. The highest BCUT2D eigenvalue weighted by Crippen LogP contribution is 2.14. The minimum Gasteiger partial charge on any atom is -0.329 e. The second-order valence-electron chi connectivity index (χ2n) is 5.11. The molecule has 1 aliphatic rings. The summed E-state index contributed by atoms with van der Waals surface area (Å²) in [6.07, 6.45) is 6.39. The van der Waals surface area contributed by atoms with Crippen LogP contribution in [0.3, 0.4) is 0 Å². The first kappa shape index (κ1) is 13.5. The summed E-state index contributed by atoms with van der Waals surface area (Å²) in [6.45, 7) is 6.26. The molecule has 0 atom stereocenters. The van der Waals surface area contributed by atoms with Crippen LogP contribution in [0, 0.1) is 0 Å². The number of aromatic nitrogens is 2. The smallest absolute Gasteiger partial charge is 0.0536 e. The molecule has 0 radical (unpaired) electrons. The van der Waals surface area contributed by atoms with Gasteiger partial charge in [-0.05, 0) is 39.0 Å². The molecule has 0 aromatic carbocycles. The van der Waals surface area contributed by atoms with Crippen LogP contribution in [-0.4, -0.2) is 65.4 Å². The lowest BCUT2D eigenvalue weighted by molar-refractivity contribution is 0.126. The van der Waals surface area contributed by atoms with Crippen molar-refractivity contribution >= 4 is 0 Å². The maximum atomic E-state index is 5.60. The first-order chi connectivity index (χ1) is 8.79. The highest BCUT2D eigenvalue weighted by molar-refractivity contribution is 4.80. The molecule has 0 saturated carbocycles. The highest BCUT2D eigenvalue weighted by atomic mass is 15.3. The van der Waals surface area contributed by atoms with E-state index in [0.717, 1.165) is 32.2 Å². The molecule has 18 heavy (non-hydrogen) atoms. The lowest BCUT2D eigenvalue weighted by atomic mass is 10.0. The Kier molecular flexibility index (Phi) is 5.16. The van der Waals surface area contributed by atoms with E-state index in [9.17, 15) is 0 Å². The van der Waals surface area contributed by atoms with Crippen LogP contribution in [0.4, 0.5) is 0 Å². The van der Waals surface area contributed by atoms with Crippen molar-refractivity contribution in [2.75, 3.05) is 39.8 Å². The van der Waals surface area contributed by atoms with Gasteiger partial charge in [-0.15, -0.1) is 0 Å². The number of nitrogens with zero attached hydrogens (tertiary/aromatic N) is 4. The van der Waals surface area contributed by atoms with Gasteiger partial charge in [-0.2, -0.15) is 5.10 Å². The van der Waals surface area contributed by atoms with E-state index in [1.54, 1.807) is 0 Å². The number of likely N-dealkylation sites (tertiary alicyclic amines) is 1. The zero-order valence-electron chi connectivity index (χ0n) is 11.3. The maximum absolute atomic E-state index is 5.60. The average molecular weight is 251 g/mol. The molecule has 0 amide bonds.